The third-order valence-corrected chi connectivity index (χ3v) is 4.19. The Bertz CT molecular complexity index is 1120. The first-order chi connectivity index (χ1) is 14.9. The lowest BCUT2D eigenvalue weighted by Crippen LogP contribution is -2.23. The van der Waals surface area contributed by atoms with Crippen molar-refractivity contribution in [1.29, 1.82) is 0 Å². The molecule has 0 bridgehead atoms. The monoisotopic (exact) mass is 372 g/mol. The zero-order chi connectivity index (χ0) is 25.1. The molecular weight excluding hydrogens is 345 g/mol. The van der Waals surface area contributed by atoms with E-state index in [0.717, 1.165) is 0 Å². The molecule has 24 heavy (non-hydrogen) atoms. The van der Waals surface area contributed by atoms with E-state index in [0.29, 0.717) is 21.7 Å². The highest BCUT2D eigenvalue weighted by Crippen LogP contribution is 2.43. The Labute approximate surface area is 164 Å². The summed E-state index contributed by atoms with van der Waals surface area (Å²) in [6.07, 6.45) is -8.54. The van der Waals surface area contributed by atoms with Crippen LogP contribution in [-0.2, 0) is 0 Å². The van der Waals surface area contributed by atoms with Gasteiger partial charge >= 0.3 is 0 Å². The number of nitrogens with one attached hydrogen (secondary N) is 1. The second-order valence-corrected chi connectivity index (χ2v) is 6.08. The largest absolute Gasteiger partial charge is 0.387 e. The number of carbonyl (C=O) groups is 1. The minimum absolute atomic E-state index is 0.132. The van der Waals surface area contributed by atoms with Crippen molar-refractivity contribution in [2.75, 3.05) is 13.0 Å². The quantitative estimate of drug-likeness (QED) is 0.663. The maximum atomic E-state index is 12.8. The number of rotatable bonds is 6. The van der Waals surface area contributed by atoms with Gasteiger partial charge in [0.1, 0.15) is 0 Å². The Balaban J connectivity index is 1.94. The first kappa shape index (κ1) is 9.35. The average Bonchev–Trinajstić information content (AvgIpc) is 2.96. The third-order valence-electron chi connectivity index (χ3n) is 3.74. The Hall–Kier alpha value is -1.39. The lowest BCUT2D eigenvalue weighted by Gasteiger charge is -2.17. The van der Waals surface area contributed by atoms with E-state index >= 15 is 0 Å². The molecular formula is C19H19Cl2NO2. The zero-order valence-electron chi connectivity index (χ0n) is 21.3. The van der Waals surface area contributed by atoms with Crippen molar-refractivity contribution in [2.24, 2.45) is 0 Å². The van der Waals surface area contributed by atoms with Gasteiger partial charge in [0.25, 0.3) is 0 Å². The Morgan fingerprint density at radius 3 is 2.79 bits per heavy atom. The van der Waals surface area contributed by atoms with Gasteiger partial charge in [0.05, 0.1) is 6.10 Å². The number of hydrogen-bond acceptors (Lipinski definition) is 3. The molecule has 0 aromatic heterocycles. The molecule has 0 saturated carbocycles. The standard InChI is InChI=1S/C19H19Cl2NO2/c1-2-3-6-22-10-17(23)15-8-12(21)9-16-18(15)13-5-4-11(20)7-14(13)19(16)24/h4-5,7-9,17,22-23H,2-3,6,10H2,1H3/i1D3,2D2,3D2,6D2. The van der Waals surface area contributed by atoms with Crippen LogP contribution in [0, 0.1) is 0 Å². The highest BCUT2D eigenvalue weighted by molar-refractivity contribution is 6.34. The Kier molecular flexibility index (Phi) is 2.82. The van der Waals surface area contributed by atoms with Crippen LogP contribution in [0.3, 0.4) is 0 Å². The van der Waals surface area contributed by atoms with Crippen molar-refractivity contribution >= 4 is 29.0 Å². The molecule has 0 aliphatic heterocycles. The molecule has 2 N–H and O–H groups in total. The van der Waals surface area contributed by atoms with Gasteiger partial charge in [-0.25, -0.2) is 0 Å². The molecule has 0 amide bonds. The molecule has 1 unspecified atom stereocenters. The normalized spacial score (nSPS) is 21.6. The number of hydrogen-bond donors (Lipinski definition) is 2. The third kappa shape index (κ3) is 3.22. The van der Waals surface area contributed by atoms with E-state index in [1.54, 1.807) is 12.1 Å². The Morgan fingerprint density at radius 1 is 1.21 bits per heavy atom. The molecule has 0 heterocycles. The predicted molar refractivity (Wildman–Crippen MR) is 98.1 cm³/mol. The van der Waals surface area contributed by atoms with Crippen LogP contribution in [0.4, 0.5) is 0 Å². The summed E-state index contributed by atoms with van der Waals surface area (Å²) in [6, 6.07) is 7.46. The summed E-state index contributed by atoms with van der Waals surface area (Å²) in [5, 5.41) is 13.4. The highest BCUT2D eigenvalue weighted by atomic mass is 35.5. The van der Waals surface area contributed by atoms with Crippen molar-refractivity contribution in [3.05, 3.63) is 57.1 Å². The van der Waals surface area contributed by atoms with Crippen LogP contribution in [0.1, 0.15) is 59.5 Å². The number of ketones is 1. The lowest BCUT2D eigenvalue weighted by molar-refractivity contribution is 0.104. The van der Waals surface area contributed by atoms with E-state index in [1.165, 1.54) is 18.2 Å². The minimum Gasteiger partial charge on any atom is -0.387 e. The van der Waals surface area contributed by atoms with Gasteiger partial charge in [-0.1, -0.05) is 42.5 Å². The smallest absolute Gasteiger partial charge is 0.194 e. The van der Waals surface area contributed by atoms with Gasteiger partial charge in [-0.3, -0.25) is 4.79 Å². The molecule has 0 radical (unpaired) electrons. The molecule has 1 atom stereocenters. The van der Waals surface area contributed by atoms with Gasteiger partial charge < -0.3 is 10.4 Å². The zero-order valence-corrected chi connectivity index (χ0v) is 13.8. The van der Waals surface area contributed by atoms with Crippen LogP contribution in [0.15, 0.2) is 30.3 Å². The summed E-state index contributed by atoms with van der Waals surface area (Å²) in [7, 11) is 0. The van der Waals surface area contributed by atoms with E-state index < -0.39 is 38.7 Å². The first-order valence-corrected chi connectivity index (χ1v) is 7.79. The van der Waals surface area contributed by atoms with Crippen molar-refractivity contribution in [1.82, 2.24) is 5.32 Å². The first-order valence-electron chi connectivity index (χ1n) is 11.5. The predicted octanol–water partition coefficient (Wildman–Crippen LogP) is 4.63. The van der Waals surface area contributed by atoms with E-state index in [4.69, 9.17) is 35.5 Å². The molecule has 2 aromatic rings. The second kappa shape index (κ2) is 7.24. The molecule has 1 aliphatic rings. The molecule has 5 heteroatoms. The van der Waals surface area contributed by atoms with E-state index in [2.05, 4.69) is 5.32 Å². The summed E-state index contributed by atoms with van der Waals surface area (Å²) < 4.78 is 68.7. The molecule has 126 valence electrons. The van der Waals surface area contributed by atoms with E-state index in [1.807, 2.05) is 0 Å². The van der Waals surface area contributed by atoms with Crippen LogP contribution < -0.4 is 5.32 Å². The number of carbonyl (C=O) groups excluding carboxylic acids is 1. The van der Waals surface area contributed by atoms with Gasteiger partial charge in [0, 0.05) is 40.1 Å². The molecule has 0 fully saturated rings. The SMILES string of the molecule is [2H]C([2H])([2H])C([2H])([2H])C([2H])([2H])C([2H])([2H])NCC(O)c1cc(Cl)cc2c1-c1ccc(Cl)cc1C2=O. The number of halogens is 2. The fraction of sp³-hybridized carbons (Fsp3) is 0.316. The number of aliphatic hydroxyl groups excluding tert-OH is 1. The van der Waals surface area contributed by atoms with Crippen LogP contribution in [0.2, 0.25) is 10.0 Å². The van der Waals surface area contributed by atoms with E-state index in [9.17, 15) is 9.90 Å². The number of aliphatic hydroxyl groups is 1. The molecule has 1 aliphatic carbocycles. The molecule has 3 rings (SSSR count). The van der Waals surface area contributed by atoms with Gasteiger partial charge in [-0.15, -0.1) is 0 Å². The maximum absolute atomic E-state index is 12.8. The van der Waals surface area contributed by atoms with Crippen molar-refractivity contribution in [2.45, 2.75) is 25.7 Å². The van der Waals surface area contributed by atoms with Gasteiger partial charge in [-0.05, 0) is 53.8 Å². The fourth-order valence-electron chi connectivity index (χ4n) is 2.77. The topological polar surface area (TPSA) is 49.3 Å². The van der Waals surface area contributed by atoms with E-state index in [-0.39, 0.29) is 21.9 Å². The summed E-state index contributed by atoms with van der Waals surface area (Å²) in [5.41, 5.74) is 1.54. The average molecular weight is 373 g/mol. The van der Waals surface area contributed by atoms with Crippen LogP contribution >= 0.6 is 23.2 Å². The van der Waals surface area contributed by atoms with Crippen LogP contribution in [0.5, 0.6) is 0 Å². The molecule has 2 aromatic carbocycles. The van der Waals surface area contributed by atoms with Crippen LogP contribution in [-0.4, -0.2) is 23.9 Å². The van der Waals surface area contributed by atoms with Crippen molar-refractivity contribution in [3.8, 4) is 11.1 Å². The van der Waals surface area contributed by atoms with Crippen molar-refractivity contribution < 1.29 is 22.2 Å². The molecule has 0 spiro atoms. The summed E-state index contributed by atoms with van der Waals surface area (Å²) in [5.74, 6) is -0.357. The fourth-order valence-corrected chi connectivity index (χ4v) is 3.17. The summed E-state index contributed by atoms with van der Waals surface area (Å²) in [6.45, 7) is -7.26. The number of benzene rings is 2. The van der Waals surface area contributed by atoms with Gasteiger partial charge in [0.15, 0.2) is 5.78 Å². The lowest BCUT2D eigenvalue weighted by atomic mass is 9.95. The van der Waals surface area contributed by atoms with Crippen molar-refractivity contribution in [3.63, 3.8) is 0 Å². The van der Waals surface area contributed by atoms with Gasteiger partial charge in [0.2, 0.25) is 0 Å². The Morgan fingerprint density at radius 2 is 2.00 bits per heavy atom. The minimum atomic E-state index is -3.54. The molecule has 0 saturated heterocycles. The second-order valence-electron chi connectivity index (χ2n) is 5.21. The van der Waals surface area contributed by atoms with Crippen LogP contribution in [0.25, 0.3) is 11.1 Å². The number of fused-ring (bicyclic) bond motifs is 3. The molecule has 3 nitrogen and oxygen atoms in total. The maximum Gasteiger partial charge on any atom is 0.194 e. The highest BCUT2D eigenvalue weighted by Gasteiger charge is 2.31. The summed E-state index contributed by atoms with van der Waals surface area (Å²) >= 11 is 12.1. The van der Waals surface area contributed by atoms with Gasteiger partial charge in [-0.2, -0.15) is 0 Å². The summed E-state index contributed by atoms with van der Waals surface area (Å²) in [4.78, 5) is 12.8.